The largest absolute Gasteiger partial charge is 0.490 e. The Morgan fingerprint density at radius 1 is 1.20 bits per heavy atom. The first-order valence-electron chi connectivity index (χ1n) is 5.04. The molecule has 1 heterocycles. The van der Waals surface area contributed by atoms with E-state index in [9.17, 15) is 0 Å². The Kier molecular flexibility index (Phi) is 3.08. The summed E-state index contributed by atoms with van der Waals surface area (Å²) in [4.78, 5) is 4.23. The fraction of sp³-hybridized carbons (Fsp3) is 0.545. The van der Waals surface area contributed by atoms with Crippen molar-refractivity contribution in [2.75, 3.05) is 6.61 Å². The summed E-state index contributed by atoms with van der Waals surface area (Å²) in [5, 5.41) is 1.07. The number of aryl methyl sites for hydroxylation is 2. The van der Waals surface area contributed by atoms with Gasteiger partial charge >= 0.3 is 0 Å². The van der Waals surface area contributed by atoms with Crippen LogP contribution in [0.15, 0.2) is 0 Å². The van der Waals surface area contributed by atoms with Crippen LogP contribution in [0.2, 0.25) is 10.0 Å². The molecular weight excluding hydrogens is 233 g/mol. The predicted molar refractivity (Wildman–Crippen MR) is 62.0 cm³/mol. The third-order valence-corrected chi connectivity index (χ3v) is 3.42. The van der Waals surface area contributed by atoms with E-state index in [0.29, 0.717) is 28.3 Å². The van der Waals surface area contributed by atoms with E-state index in [1.54, 1.807) is 0 Å². The first-order valence-corrected chi connectivity index (χ1v) is 5.80. The van der Waals surface area contributed by atoms with Crippen LogP contribution in [0.5, 0.6) is 5.75 Å². The van der Waals surface area contributed by atoms with E-state index in [2.05, 4.69) is 4.98 Å². The topological polar surface area (TPSA) is 22.1 Å². The third kappa shape index (κ3) is 2.37. The third-order valence-electron chi connectivity index (χ3n) is 2.53. The van der Waals surface area contributed by atoms with Gasteiger partial charge in [0.25, 0.3) is 0 Å². The number of pyridine rings is 1. The number of rotatable bonds is 3. The second kappa shape index (κ2) is 4.18. The van der Waals surface area contributed by atoms with Crippen molar-refractivity contribution >= 4 is 23.2 Å². The average Bonchev–Trinajstić information content (AvgIpc) is 2.99. The molecule has 2 nitrogen and oxygen atoms in total. The van der Waals surface area contributed by atoms with Crippen molar-refractivity contribution in [1.29, 1.82) is 0 Å². The standard InChI is InChI=1S/C11H13Cl2NO/c1-6-9(12)11(10(13)7(2)14-6)15-5-8-3-4-8/h8H,3-5H2,1-2H3. The maximum Gasteiger partial charge on any atom is 0.160 e. The van der Waals surface area contributed by atoms with Crippen molar-refractivity contribution in [1.82, 2.24) is 4.98 Å². The number of halogens is 2. The van der Waals surface area contributed by atoms with Crippen LogP contribution in [0.1, 0.15) is 24.2 Å². The Hall–Kier alpha value is -0.470. The lowest BCUT2D eigenvalue weighted by Crippen LogP contribution is -2.02. The molecule has 0 N–H and O–H groups in total. The fourth-order valence-electron chi connectivity index (χ4n) is 1.39. The summed E-state index contributed by atoms with van der Waals surface area (Å²) in [6.07, 6.45) is 2.50. The van der Waals surface area contributed by atoms with E-state index in [-0.39, 0.29) is 0 Å². The molecule has 0 atom stereocenters. The number of nitrogens with zero attached hydrogens (tertiary/aromatic N) is 1. The van der Waals surface area contributed by atoms with Gasteiger partial charge in [-0.2, -0.15) is 0 Å². The van der Waals surface area contributed by atoms with Crippen molar-refractivity contribution in [3.63, 3.8) is 0 Å². The minimum Gasteiger partial charge on any atom is -0.490 e. The molecule has 1 aliphatic carbocycles. The number of hydrogen-bond acceptors (Lipinski definition) is 2. The summed E-state index contributed by atoms with van der Waals surface area (Å²) in [5.74, 6) is 1.28. The zero-order chi connectivity index (χ0) is 11.0. The number of aromatic nitrogens is 1. The van der Waals surface area contributed by atoms with Crippen LogP contribution in [-0.4, -0.2) is 11.6 Å². The van der Waals surface area contributed by atoms with Gasteiger partial charge in [0.1, 0.15) is 10.0 Å². The van der Waals surface area contributed by atoms with E-state index in [1.807, 2.05) is 13.8 Å². The molecule has 15 heavy (non-hydrogen) atoms. The second-order valence-corrected chi connectivity index (χ2v) is 4.75. The molecule has 0 aliphatic heterocycles. The minimum atomic E-state index is 0.534. The molecule has 0 radical (unpaired) electrons. The molecule has 1 saturated carbocycles. The molecule has 1 aromatic heterocycles. The fourth-order valence-corrected chi connectivity index (χ4v) is 1.82. The van der Waals surface area contributed by atoms with Gasteiger partial charge in [-0.3, -0.25) is 4.98 Å². The lowest BCUT2D eigenvalue weighted by molar-refractivity contribution is 0.299. The maximum atomic E-state index is 6.10. The van der Waals surface area contributed by atoms with Gasteiger partial charge in [0.2, 0.25) is 0 Å². The molecule has 0 amide bonds. The normalized spacial score (nSPS) is 15.5. The molecule has 82 valence electrons. The summed E-state index contributed by atoms with van der Waals surface area (Å²) >= 11 is 12.2. The molecule has 1 fully saturated rings. The quantitative estimate of drug-likeness (QED) is 0.809. The average molecular weight is 246 g/mol. The van der Waals surface area contributed by atoms with Crippen LogP contribution in [0, 0.1) is 19.8 Å². The highest BCUT2D eigenvalue weighted by molar-refractivity contribution is 6.37. The van der Waals surface area contributed by atoms with Gasteiger partial charge in [0.05, 0.1) is 18.0 Å². The summed E-state index contributed by atoms with van der Waals surface area (Å²) < 4.78 is 5.65. The molecule has 1 aliphatic rings. The molecule has 4 heteroatoms. The van der Waals surface area contributed by atoms with Gasteiger partial charge in [-0.15, -0.1) is 0 Å². The number of hydrogen-bond donors (Lipinski definition) is 0. The van der Waals surface area contributed by atoms with E-state index in [1.165, 1.54) is 12.8 Å². The second-order valence-electron chi connectivity index (χ2n) is 3.99. The smallest absolute Gasteiger partial charge is 0.160 e. The molecule has 2 rings (SSSR count). The summed E-state index contributed by atoms with van der Waals surface area (Å²) in [6, 6.07) is 0. The highest BCUT2D eigenvalue weighted by atomic mass is 35.5. The van der Waals surface area contributed by atoms with Crippen LogP contribution in [0.25, 0.3) is 0 Å². The molecule has 1 aromatic rings. The van der Waals surface area contributed by atoms with Crippen molar-refractivity contribution < 1.29 is 4.74 Å². The zero-order valence-electron chi connectivity index (χ0n) is 8.81. The van der Waals surface area contributed by atoms with Gasteiger partial charge in [0, 0.05) is 0 Å². The lowest BCUT2D eigenvalue weighted by atomic mass is 10.3. The van der Waals surface area contributed by atoms with E-state index in [4.69, 9.17) is 27.9 Å². The van der Waals surface area contributed by atoms with Crippen LogP contribution >= 0.6 is 23.2 Å². The zero-order valence-corrected chi connectivity index (χ0v) is 10.3. The van der Waals surface area contributed by atoms with Crippen molar-refractivity contribution in [2.24, 2.45) is 5.92 Å². The highest BCUT2D eigenvalue weighted by Gasteiger charge is 2.23. The Morgan fingerprint density at radius 2 is 1.73 bits per heavy atom. The summed E-state index contributed by atoms with van der Waals surface area (Å²) in [7, 11) is 0. The van der Waals surface area contributed by atoms with E-state index in [0.717, 1.165) is 11.4 Å². The minimum absolute atomic E-state index is 0.534. The molecule has 0 aromatic carbocycles. The van der Waals surface area contributed by atoms with Gasteiger partial charge in [-0.05, 0) is 32.6 Å². The monoisotopic (exact) mass is 245 g/mol. The van der Waals surface area contributed by atoms with Crippen molar-refractivity contribution in [2.45, 2.75) is 26.7 Å². The van der Waals surface area contributed by atoms with Gasteiger partial charge in [-0.25, -0.2) is 0 Å². The van der Waals surface area contributed by atoms with Crippen LogP contribution in [-0.2, 0) is 0 Å². The first kappa shape index (κ1) is 11.0. The van der Waals surface area contributed by atoms with Crippen LogP contribution in [0.3, 0.4) is 0 Å². The molecule has 0 unspecified atom stereocenters. The van der Waals surface area contributed by atoms with Gasteiger partial charge in [0.15, 0.2) is 5.75 Å². The van der Waals surface area contributed by atoms with Crippen molar-refractivity contribution in [3.05, 3.63) is 21.4 Å². The Balaban J connectivity index is 2.25. The molecular formula is C11H13Cl2NO. The van der Waals surface area contributed by atoms with Gasteiger partial charge < -0.3 is 4.74 Å². The number of ether oxygens (including phenoxy) is 1. The Labute approximate surface area is 99.6 Å². The van der Waals surface area contributed by atoms with Crippen LogP contribution in [0.4, 0.5) is 0 Å². The van der Waals surface area contributed by atoms with Crippen LogP contribution < -0.4 is 4.74 Å². The Morgan fingerprint density at radius 3 is 2.20 bits per heavy atom. The summed E-state index contributed by atoms with van der Waals surface area (Å²) in [6.45, 7) is 4.42. The molecule has 0 spiro atoms. The first-order chi connectivity index (χ1) is 7.09. The van der Waals surface area contributed by atoms with Gasteiger partial charge in [-0.1, -0.05) is 23.2 Å². The lowest BCUT2D eigenvalue weighted by Gasteiger charge is -2.12. The summed E-state index contributed by atoms with van der Waals surface area (Å²) in [5.41, 5.74) is 1.54. The van der Waals surface area contributed by atoms with E-state index >= 15 is 0 Å². The maximum absolute atomic E-state index is 6.10. The van der Waals surface area contributed by atoms with E-state index < -0.39 is 0 Å². The Bertz CT molecular complexity index is 362. The molecule has 0 saturated heterocycles. The molecule has 0 bridgehead atoms. The van der Waals surface area contributed by atoms with Crippen molar-refractivity contribution in [3.8, 4) is 5.75 Å². The highest BCUT2D eigenvalue weighted by Crippen LogP contribution is 2.38. The SMILES string of the molecule is Cc1nc(C)c(Cl)c(OCC2CC2)c1Cl. The predicted octanol–water partition coefficient (Wildman–Crippen LogP) is 3.79.